The van der Waals surface area contributed by atoms with E-state index in [1.807, 2.05) is 0 Å². The Balaban J connectivity index is 2.24. The van der Waals surface area contributed by atoms with Gasteiger partial charge in [-0.15, -0.1) is 0 Å². The molecule has 1 atom stereocenters. The van der Waals surface area contributed by atoms with Gasteiger partial charge < -0.3 is 10.6 Å². The van der Waals surface area contributed by atoms with E-state index < -0.39 is 6.43 Å². The van der Waals surface area contributed by atoms with Crippen LogP contribution in [0.25, 0.3) is 0 Å². The van der Waals surface area contributed by atoms with E-state index in [4.69, 9.17) is 5.73 Å². The predicted octanol–water partition coefficient (Wildman–Crippen LogP) is 4.08. The van der Waals surface area contributed by atoms with Gasteiger partial charge >= 0.3 is 0 Å². The van der Waals surface area contributed by atoms with Crippen molar-refractivity contribution in [3.8, 4) is 0 Å². The van der Waals surface area contributed by atoms with Crippen LogP contribution < -0.4 is 10.6 Å². The first-order chi connectivity index (χ1) is 8.79. The second-order valence-corrected chi connectivity index (χ2v) is 6.42. The van der Waals surface area contributed by atoms with Crippen molar-refractivity contribution < 1.29 is 8.78 Å². The molecule has 2 nitrogen and oxygen atoms in total. The third kappa shape index (κ3) is 2.99. The van der Waals surface area contributed by atoms with Gasteiger partial charge in [0.15, 0.2) is 0 Å². The summed E-state index contributed by atoms with van der Waals surface area (Å²) in [5.41, 5.74) is 6.90. The van der Waals surface area contributed by atoms with Crippen molar-refractivity contribution in [2.75, 3.05) is 23.7 Å². The molecule has 0 aliphatic carbocycles. The molecule has 1 heterocycles. The minimum Gasteiger partial charge on any atom is -0.399 e. The number of hydrogen-bond acceptors (Lipinski definition) is 2. The first-order valence-electron chi connectivity index (χ1n) is 6.71. The van der Waals surface area contributed by atoms with E-state index >= 15 is 0 Å². The second-order valence-electron chi connectivity index (χ2n) is 6.42. The van der Waals surface area contributed by atoms with E-state index in [1.54, 1.807) is 12.1 Å². The summed E-state index contributed by atoms with van der Waals surface area (Å²) in [7, 11) is 0. The van der Waals surface area contributed by atoms with E-state index in [1.165, 1.54) is 6.07 Å². The summed E-state index contributed by atoms with van der Waals surface area (Å²) in [6, 6.07) is 4.82. The zero-order valence-electron chi connectivity index (χ0n) is 11.8. The Kier molecular flexibility index (Phi) is 3.70. The van der Waals surface area contributed by atoms with Crippen LogP contribution in [0.15, 0.2) is 18.2 Å². The zero-order valence-corrected chi connectivity index (χ0v) is 11.8. The number of alkyl halides is 2. The van der Waals surface area contributed by atoms with Crippen molar-refractivity contribution in [1.29, 1.82) is 0 Å². The molecule has 1 aromatic carbocycles. The van der Waals surface area contributed by atoms with E-state index in [0.29, 0.717) is 17.3 Å². The minimum atomic E-state index is -2.48. The van der Waals surface area contributed by atoms with Gasteiger partial charge in [-0.05, 0) is 36.0 Å². The molecule has 0 saturated carbocycles. The summed E-state index contributed by atoms with van der Waals surface area (Å²) < 4.78 is 26.2. The fraction of sp³-hybridized carbons (Fsp3) is 0.600. The lowest BCUT2D eigenvalue weighted by Gasteiger charge is -2.28. The summed E-state index contributed by atoms with van der Waals surface area (Å²) in [5.74, 6) is 0.538. The highest BCUT2D eigenvalue weighted by Crippen LogP contribution is 2.39. The molecule has 106 valence electrons. The normalized spacial score (nSPS) is 20.3. The molecule has 1 unspecified atom stereocenters. The van der Waals surface area contributed by atoms with Crippen molar-refractivity contribution in [2.24, 2.45) is 11.3 Å². The van der Waals surface area contributed by atoms with Crippen molar-refractivity contribution in [3.05, 3.63) is 23.8 Å². The Hall–Kier alpha value is -1.32. The number of halogens is 2. The SMILES string of the molecule is CC(C)(C)C1CCN(c2ccc(N)cc2C(F)F)C1. The van der Waals surface area contributed by atoms with E-state index in [2.05, 4.69) is 25.7 Å². The van der Waals surface area contributed by atoms with Gasteiger partial charge in [0, 0.05) is 30.0 Å². The van der Waals surface area contributed by atoms with E-state index in [0.717, 1.165) is 19.5 Å². The maximum atomic E-state index is 13.1. The van der Waals surface area contributed by atoms with Gasteiger partial charge in [-0.2, -0.15) is 0 Å². The molecule has 2 rings (SSSR count). The van der Waals surface area contributed by atoms with Gasteiger partial charge in [0.1, 0.15) is 0 Å². The van der Waals surface area contributed by atoms with Gasteiger partial charge in [0.2, 0.25) is 0 Å². The number of rotatable bonds is 2. The number of anilines is 2. The van der Waals surface area contributed by atoms with Crippen molar-refractivity contribution in [3.63, 3.8) is 0 Å². The van der Waals surface area contributed by atoms with Crippen LogP contribution in [0, 0.1) is 11.3 Å². The predicted molar refractivity (Wildman–Crippen MR) is 75.6 cm³/mol. The van der Waals surface area contributed by atoms with Gasteiger partial charge in [-0.25, -0.2) is 8.78 Å². The summed E-state index contributed by atoms with van der Waals surface area (Å²) in [4.78, 5) is 2.07. The van der Waals surface area contributed by atoms with Crippen LogP contribution in [0.5, 0.6) is 0 Å². The van der Waals surface area contributed by atoms with Crippen LogP contribution in [0.1, 0.15) is 39.2 Å². The quantitative estimate of drug-likeness (QED) is 0.819. The largest absolute Gasteiger partial charge is 0.399 e. The summed E-state index contributed by atoms with van der Waals surface area (Å²) in [5, 5.41) is 0. The van der Waals surface area contributed by atoms with Crippen molar-refractivity contribution >= 4 is 11.4 Å². The van der Waals surface area contributed by atoms with Gasteiger partial charge in [-0.1, -0.05) is 20.8 Å². The topological polar surface area (TPSA) is 29.3 Å². The molecule has 2 N–H and O–H groups in total. The van der Waals surface area contributed by atoms with Gasteiger partial charge in [0.05, 0.1) is 0 Å². The van der Waals surface area contributed by atoms with Crippen LogP contribution in [0.3, 0.4) is 0 Å². The van der Waals surface area contributed by atoms with Gasteiger partial charge in [0.25, 0.3) is 6.43 Å². The molecular formula is C15H22F2N2. The van der Waals surface area contributed by atoms with Crippen LogP contribution in [-0.4, -0.2) is 13.1 Å². The first kappa shape index (κ1) is 14.1. The molecule has 1 fully saturated rings. The highest BCUT2D eigenvalue weighted by molar-refractivity contribution is 5.60. The first-order valence-corrected chi connectivity index (χ1v) is 6.71. The van der Waals surface area contributed by atoms with Crippen molar-refractivity contribution in [2.45, 2.75) is 33.6 Å². The van der Waals surface area contributed by atoms with Gasteiger partial charge in [-0.3, -0.25) is 0 Å². The molecule has 0 amide bonds. The van der Waals surface area contributed by atoms with Crippen LogP contribution in [0.2, 0.25) is 0 Å². The number of nitrogens with zero attached hydrogens (tertiary/aromatic N) is 1. The number of hydrogen-bond donors (Lipinski definition) is 1. The molecule has 0 bridgehead atoms. The van der Waals surface area contributed by atoms with Crippen LogP contribution >= 0.6 is 0 Å². The molecule has 1 aliphatic heterocycles. The van der Waals surface area contributed by atoms with Crippen LogP contribution in [-0.2, 0) is 0 Å². The number of nitrogen functional groups attached to an aromatic ring is 1. The third-order valence-electron chi connectivity index (χ3n) is 4.04. The summed E-state index contributed by atoms with van der Waals surface area (Å²) in [6.07, 6.45) is -1.43. The highest BCUT2D eigenvalue weighted by Gasteiger charge is 2.33. The second kappa shape index (κ2) is 4.99. The molecule has 1 aromatic rings. The number of benzene rings is 1. The average molecular weight is 268 g/mol. The molecule has 0 aromatic heterocycles. The maximum Gasteiger partial charge on any atom is 0.265 e. The summed E-state index contributed by atoms with van der Waals surface area (Å²) in [6.45, 7) is 8.30. The fourth-order valence-corrected chi connectivity index (χ4v) is 2.72. The smallest absolute Gasteiger partial charge is 0.265 e. The maximum absolute atomic E-state index is 13.1. The standard InChI is InChI=1S/C15H22F2N2/c1-15(2,3)10-6-7-19(9-10)13-5-4-11(18)8-12(13)14(16)17/h4-5,8,10,14H,6-7,9,18H2,1-3H3. The Labute approximate surface area is 113 Å². The molecule has 19 heavy (non-hydrogen) atoms. The lowest BCUT2D eigenvalue weighted by Crippen LogP contribution is -2.26. The van der Waals surface area contributed by atoms with E-state index in [9.17, 15) is 8.78 Å². The molecule has 0 spiro atoms. The van der Waals surface area contributed by atoms with Crippen LogP contribution in [0.4, 0.5) is 20.2 Å². The Bertz CT molecular complexity index is 452. The Morgan fingerprint density at radius 3 is 2.53 bits per heavy atom. The average Bonchev–Trinajstić information content (AvgIpc) is 2.77. The highest BCUT2D eigenvalue weighted by atomic mass is 19.3. The third-order valence-corrected chi connectivity index (χ3v) is 4.04. The zero-order chi connectivity index (χ0) is 14.2. The molecule has 1 aliphatic rings. The summed E-state index contributed by atoms with van der Waals surface area (Å²) >= 11 is 0. The minimum absolute atomic E-state index is 0.0505. The molecular weight excluding hydrogens is 246 g/mol. The van der Waals surface area contributed by atoms with E-state index in [-0.39, 0.29) is 11.0 Å². The molecule has 1 saturated heterocycles. The molecule has 4 heteroatoms. The molecule has 0 radical (unpaired) electrons. The monoisotopic (exact) mass is 268 g/mol. The lowest BCUT2D eigenvalue weighted by atomic mass is 9.80. The van der Waals surface area contributed by atoms with Crippen molar-refractivity contribution in [1.82, 2.24) is 0 Å². The Morgan fingerprint density at radius 2 is 2.00 bits per heavy atom. The number of nitrogens with two attached hydrogens (primary N) is 1. The lowest BCUT2D eigenvalue weighted by molar-refractivity contribution is 0.152. The fourth-order valence-electron chi connectivity index (χ4n) is 2.72. The Morgan fingerprint density at radius 1 is 1.32 bits per heavy atom.